The minimum atomic E-state index is -0.978. The summed E-state index contributed by atoms with van der Waals surface area (Å²) in [6.07, 6.45) is 3.57. The highest BCUT2D eigenvalue weighted by Crippen LogP contribution is 2.23. The molecule has 1 aliphatic heterocycles. The molecule has 1 aromatic rings. The molecule has 3 N–H and O–H groups in total. The summed E-state index contributed by atoms with van der Waals surface area (Å²) >= 11 is 0. The lowest BCUT2D eigenvalue weighted by Crippen LogP contribution is -2.50. The maximum absolute atomic E-state index is 10.9. The van der Waals surface area contributed by atoms with E-state index in [-0.39, 0.29) is 12.6 Å². The van der Waals surface area contributed by atoms with E-state index >= 15 is 0 Å². The van der Waals surface area contributed by atoms with Gasteiger partial charge in [-0.1, -0.05) is 37.3 Å². The Labute approximate surface area is 127 Å². The van der Waals surface area contributed by atoms with E-state index < -0.39 is 5.60 Å². The molecule has 2 atom stereocenters. The average molecular weight is 292 g/mol. The number of aliphatic hydroxyl groups is 1. The zero-order chi connectivity index (χ0) is 15.1. The summed E-state index contributed by atoms with van der Waals surface area (Å²) in [7, 11) is 0. The van der Waals surface area contributed by atoms with Crippen LogP contribution in [0.5, 0.6) is 0 Å². The molecule has 0 aromatic heterocycles. The lowest BCUT2D eigenvalue weighted by molar-refractivity contribution is -0.0401. The number of rotatable bonds is 7. The Bertz CT molecular complexity index is 413. The zero-order valence-electron chi connectivity index (χ0n) is 13.0. The van der Waals surface area contributed by atoms with E-state index in [1.807, 2.05) is 30.3 Å². The summed E-state index contributed by atoms with van der Waals surface area (Å²) in [5.41, 5.74) is 5.78. The van der Waals surface area contributed by atoms with Crippen LogP contribution in [0.3, 0.4) is 0 Å². The van der Waals surface area contributed by atoms with E-state index in [4.69, 9.17) is 10.5 Å². The van der Waals surface area contributed by atoms with Crippen molar-refractivity contribution in [2.75, 3.05) is 32.8 Å². The van der Waals surface area contributed by atoms with Gasteiger partial charge < -0.3 is 15.6 Å². The van der Waals surface area contributed by atoms with E-state index in [1.165, 1.54) is 0 Å². The molecule has 118 valence electrons. The van der Waals surface area contributed by atoms with E-state index in [2.05, 4.69) is 11.8 Å². The number of nitrogens with two attached hydrogens (primary N) is 1. The molecule has 1 heterocycles. The van der Waals surface area contributed by atoms with E-state index in [9.17, 15) is 5.11 Å². The molecule has 1 saturated heterocycles. The van der Waals surface area contributed by atoms with Gasteiger partial charge in [-0.25, -0.2) is 0 Å². The third kappa shape index (κ3) is 4.51. The first kappa shape index (κ1) is 16.4. The van der Waals surface area contributed by atoms with Crippen molar-refractivity contribution in [1.29, 1.82) is 0 Å². The molecular weight excluding hydrogens is 264 g/mol. The van der Waals surface area contributed by atoms with Crippen molar-refractivity contribution in [3.8, 4) is 0 Å². The van der Waals surface area contributed by atoms with Gasteiger partial charge in [0, 0.05) is 26.2 Å². The van der Waals surface area contributed by atoms with E-state index in [0.717, 1.165) is 44.5 Å². The fourth-order valence-corrected chi connectivity index (χ4v) is 2.97. The van der Waals surface area contributed by atoms with Gasteiger partial charge in [-0.2, -0.15) is 0 Å². The molecule has 4 nitrogen and oxygen atoms in total. The fourth-order valence-electron chi connectivity index (χ4n) is 2.97. The highest BCUT2D eigenvalue weighted by molar-refractivity contribution is 5.23. The Balaban J connectivity index is 1.98. The fraction of sp³-hybridized carbons (Fsp3) is 0.647. The third-order valence-corrected chi connectivity index (χ3v) is 4.15. The van der Waals surface area contributed by atoms with Crippen LogP contribution in [0.15, 0.2) is 30.3 Å². The van der Waals surface area contributed by atoms with Gasteiger partial charge in [-0.3, -0.25) is 4.90 Å². The third-order valence-electron chi connectivity index (χ3n) is 4.15. The molecule has 2 unspecified atom stereocenters. The number of hydrogen-bond acceptors (Lipinski definition) is 4. The summed E-state index contributed by atoms with van der Waals surface area (Å²) in [5, 5.41) is 10.9. The van der Waals surface area contributed by atoms with Crippen LogP contribution in [0.2, 0.25) is 0 Å². The molecule has 1 fully saturated rings. The van der Waals surface area contributed by atoms with Crippen LogP contribution in [-0.2, 0) is 10.3 Å². The molecule has 4 heteroatoms. The van der Waals surface area contributed by atoms with Gasteiger partial charge in [0.1, 0.15) is 5.60 Å². The molecule has 0 amide bonds. The minimum Gasteiger partial charge on any atom is -0.382 e. The topological polar surface area (TPSA) is 58.7 Å². The second-order valence-electron chi connectivity index (χ2n) is 5.97. The van der Waals surface area contributed by atoms with Crippen LogP contribution in [0, 0.1) is 0 Å². The van der Waals surface area contributed by atoms with Gasteiger partial charge in [-0.15, -0.1) is 0 Å². The van der Waals surface area contributed by atoms with Crippen LogP contribution in [-0.4, -0.2) is 48.9 Å². The smallest absolute Gasteiger partial charge is 0.114 e. The van der Waals surface area contributed by atoms with Gasteiger partial charge in [0.2, 0.25) is 0 Å². The predicted molar refractivity (Wildman–Crippen MR) is 85.1 cm³/mol. The van der Waals surface area contributed by atoms with Crippen molar-refractivity contribution >= 4 is 0 Å². The van der Waals surface area contributed by atoms with Gasteiger partial charge in [0.25, 0.3) is 0 Å². The highest BCUT2D eigenvalue weighted by atomic mass is 16.5. The van der Waals surface area contributed by atoms with Crippen molar-refractivity contribution in [3.05, 3.63) is 35.9 Å². The van der Waals surface area contributed by atoms with E-state index in [1.54, 1.807) is 0 Å². The van der Waals surface area contributed by atoms with Crippen molar-refractivity contribution in [2.24, 2.45) is 5.73 Å². The maximum atomic E-state index is 10.9. The Morgan fingerprint density at radius 2 is 2.14 bits per heavy atom. The second kappa shape index (κ2) is 7.90. The number of piperidine rings is 1. The molecule has 1 aliphatic rings. The normalized spacial score (nSPS) is 22.9. The molecule has 0 radical (unpaired) electrons. The number of benzene rings is 1. The van der Waals surface area contributed by atoms with E-state index in [0.29, 0.717) is 6.54 Å². The molecule has 0 bridgehead atoms. The summed E-state index contributed by atoms with van der Waals surface area (Å²) in [6.45, 7) is 5.63. The summed E-state index contributed by atoms with van der Waals surface area (Å²) in [4.78, 5) is 2.28. The summed E-state index contributed by atoms with van der Waals surface area (Å²) in [5.74, 6) is 0. The molecule has 0 aliphatic carbocycles. The molecule has 1 aromatic carbocycles. The highest BCUT2D eigenvalue weighted by Gasteiger charge is 2.32. The monoisotopic (exact) mass is 292 g/mol. The number of nitrogens with zero attached hydrogens (tertiary/aromatic N) is 1. The van der Waals surface area contributed by atoms with Crippen LogP contribution in [0.1, 0.15) is 31.7 Å². The summed E-state index contributed by atoms with van der Waals surface area (Å²) in [6, 6.07) is 9.73. The van der Waals surface area contributed by atoms with Crippen molar-refractivity contribution in [2.45, 2.75) is 37.9 Å². The molecule has 21 heavy (non-hydrogen) atoms. The molecule has 2 rings (SSSR count). The van der Waals surface area contributed by atoms with Crippen LogP contribution >= 0.6 is 0 Å². The van der Waals surface area contributed by atoms with Crippen LogP contribution < -0.4 is 5.73 Å². The first-order chi connectivity index (χ1) is 10.2. The van der Waals surface area contributed by atoms with Crippen LogP contribution in [0.4, 0.5) is 0 Å². The second-order valence-corrected chi connectivity index (χ2v) is 5.97. The van der Waals surface area contributed by atoms with Gasteiger partial charge >= 0.3 is 0 Å². The van der Waals surface area contributed by atoms with Crippen molar-refractivity contribution < 1.29 is 9.84 Å². The SMILES string of the molecule is CCCOC1CCCN(CC(O)(CN)c2ccccc2)C1. The molecular formula is C17H28N2O2. The maximum Gasteiger partial charge on any atom is 0.114 e. The standard InChI is InChI=1S/C17H28N2O2/c1-2-11-21-16-9-6-10-19(12-16)14-17(20,13-18)15-7-4-3-5-8-15/h3-5,7-8,16,20H,2,6,9-14,18H2,1H3. The Kier molecular flexibility index (Phi) is 6.18. The van der Waals surface area contributed by atoms with Gasteiger partial charge in [0.15, 0.2) is 0 Å². The number of ether oxygens (including phenoxy) is 1. The van der Waals surface area contributed by atoms with Gasteiger partial charge in [0.05, 0.1) is 6.10 Å². The van der Waals surface area contributed by atoms with Crippen molar-refractivity contribution in [1.82, 2.24) is 4.90 Å². The minimum absolute atomic E-state index is 0.230. The summed E-state index contributed by atoms with van der Waals surface area (Å²) < 4.78 is 5.86. The number of β-amino-alcohol motifs (C(OH)–C–C–N with tert-alkyl or cyclic N) is 1. The van der Waals surface area contributed by atoms with Gasteiger partial charge in [-0.05, 0) is 31.4 Å². The average Bonchev–Trinajstić information content (AvgIpc) is 2.54. The van der Waals surface area contributed by atoms with Crippen molar-refractivity contribution in [3.63, 3.8) is 0 Å². The first-order valence-electron chi connectivity index (χ1n) is 8.00. The lowest BCUT2D eigenvalue weighted by Gasteiger charge is -2.38. The predicted octanol–water partition coefficient (Wildman–Crippen LogP) is 1.72. The number of likely N-dealkylation sites (tertiary alicyclic amines) is 1. The molecule has 0 spiro atoms. The Morgan fingerprint density at radius 3 is 2.81 bits per heavy atom. The largest absolute Gasteiger partial charge is 0.382 e. The Hall–Kier alpha value is -0.940. The number of hydrogen-bond donors (Lipinski definition) is 2. The Morgan fingerprint density at radius 1 is 1.38 bits per heavy atom. The van der Waals surface area contributed by atoms with Crippen LogP contribution in [0.25, 0.3) is 0 Å². The quantitative estimate of drug-likeness (QED) is 0.803. The lowest BCUT2D eigenvalue weighted by atomic mass is 9.92. The first-order valence-corrected chi connectivity index (χ1v) is 8.00. The zero-order valence-corrected chi connectivity index (χ0v) is 13.0. The molecule has 0 saturated carbocycles.